The van der Waals surface area contributed by atoms with E-state index in [4.69, 9.17) is 11.6 Å². The third-order valence-corrected chi connectivity index (χ3v) is 4.89. The smallest absolute Gasteiger partial charge is 0.407 e. The number of halogens is 1. The molecule has 0 radical (unpaired) electrons. The van der Waals surface area contributed by atoms with Gasteiger partial charge in [0, 0.05) is 17.6 Å². The molecule has 2 bridgehead atoms. The highest BCUT2D eigenvalue weighted by atomic mass is 35.5. The van der Waals surface area contributed by atoms with Crippen LogP contribution in [0.15, 0.2) is 24.3 Å². The Morgan fingerprint density at radius 2 is 2.05 bits per heavy atom. The molecule has 102 valence electrons. The number of amides is 1. The van der Waals surface area contributed by atoms with Crippen LogP contribution in [0.3, 0.4) is 0 Å². The molecule has 3 fully saturated rings. The van der Waals surface area contributed by atoms with Crippen molar-refractivity contribution in [2.24, 2.45) is 11.8 Å². The number of nitrogens with zero attached hydrogens (tertiary/aromatic N) is 1. The second-order valence-corrected chi connectivity index (χ2v) is 6.19. The highest BCUT2D eigenvalue weighted by Gasteiger charge is 2.42. The molecule has 3 unspecified atom stereocenters. The minimum absolute atomic E-state index is 0.236. The van der Waals surface area contributed by atoms with Crippen LogP contribution in [-0.2, 0) is 6.42 Å². The summed E-state index contributed by atoms with van der Waals surface area (Å²) in [6.45, 7) is 0.720. The summed E-state index contributed by atoms with van der Waals surface area (Å²) < 4.78 is 0. The highest BCUT2D eigenvalue weighted by Crippen LogP contribution is 2.40. The third-order valence-electron chi connectivity index (χ3n) is 4.64. The molecule has 2 aliphatic heterocycles. The Kier molecular flexibility index (Phi) is 3.40. The monoisotopic (exact) mass is 279 g/mol. The van der Waals surface area contributed by atoms with Crippen molar-refractivity contribution in [3.05, 3.63) is 34.9 Å². The van der Waals surface area contributed by atoms with Gasteiger partial charge < -0.3 is 10.0 Å². The molecule has 1 aromatic rings. The van der Waals surface area contributed by atoms with Crippen molar-refractivity contribution in [1.29, 1.82) is 0 Å². The molecule has 3 aliphatic rings. The fraction of sp³-hybridized carbons (Fsp3) is 0.533. The van der Waals surface area contributed by atoms with Gasteiger partial charge >= 0.3 is 6.09 Å². The van der Waals surface area contributed by atoms with Crippen LogP contribution in [0.1, 0.15) is 24.8 Å². The first-order chi connectivity index (χ1) is 9.13. The summed E-state index contributed by atoms with van der Waals surface area (Å²) in [4.78, 5) is 12.8. The van der Waals surface area contributed by atoms with Crippen LogP contribution < -0.4 is 0 Å². The summed E-state index contributed by atoms with van der Waals surface area (Å²) in [6, 6.07) is 8.27. The first-order valence-electron chi connectivity index (χ1n) is 6.87. The van der Waals surface area contributed by atoms with Crippen LogP contribution in [0.5, 0.6) is 0 Å². The van der Waals surface area contributed by atoms with Gasteiger partial charge in [-0.25, -0.2) is 4.79 Å². The van der Waals surface area contributed by atoms with Crippen molar-refractivity contribution in [3.8, 4) is 0 Å². The van der Waals surface area contributed by atoms with Gasteiger partial charge in [0.05, 0.1) is 0 Å². The molecule has 4 rings (SSSR count). The van der Waals surface area contributed by atoms with Gasteiger partial charge in [0.15, 0.2) is 0 Å². The molecule has 19 heavy (non-hydrogen) atoms. The Labute approximate surface area is 118 Å². The number of hydrogen-bond donors (Lipinski definition) is 1. The Bertz CT molecular complexity index is 474. The molecule has 1 saturated carbocycles. The van der Waals surface area contributed by atoms with Crippen molar-refractivity contribution in [2.45, 2.75) is 31.7 Å². The SMILES string of the molecule is O=C(O)N1CC2CCC1CC2Cc1ccc(Cl)cc1. The summed E-state index contributed by atoms with van der Waals surface area (Å²) in [6.07, 6.45) is 3.52. The lowest BCUT2D eigenvalue weighted by Gasteiger charge is -2.48. The lowest BCUT2D eigenvalue weighted by Crippen LogP contribution is -2.54. The number of benzene rings is 1. The summed E-state index contributed by atoms with van der Waals surface area (Å²) >= 11 is 5.90. The molecular weight excluding hydrogens is 262 g/mol. The Morgan fingerprint density at radius 3 is 2.63 bits per heavy atom. The van der Waals surface area contributed by atoms with Crippen molar-refractivity contribution in [3.63, 3.8) is 0 Å². The van der Waals surface area contributed by atoms with Gasteiger partial charge in [-0.05, 0) is 55.2 Å². The second-order valence-electron chi connectivity index (χ2n) is 5.75. The maximum atomic E-state index is 11.2. The first kappa shape index (κ1) is 12.8. The largest absolute Gasteiger partial charge is 0.465 e. The van der Waals surface area contributed by atoms with Gasteiger partial charge in [-0.15, -0.1) is 0 Å². The quantitative estimate of drug-likeness (QED) is 0.897. The van der Waals surface area contributed by atoms with Crippen LogP contribution in [0.4, 0.5) is 4.79 Å². The number of carbonyl (C=O) groups is 1. The van der Waals surface area contributed by atoms with E-state index in [-0.39, 0.29) is 6.04 Å². The average Bonchev–Trinajstić information content (AvgIpc) is 2.42. The standard InChI is InChI=1S/C15H18ClNO2/c16-13-4-1-10(2-5-13)7-12-8-14-6-3-11(12)9-17(14)15(18)19/h1-2,4-5,11-12,14H,3,6-9H2,(H,18,19). The van der Waals surface area contributed by atoms with Gasteiger partial charge in [0.25, 0.3) is 0 Å². The van der Waals surface area contributed by atoms with Crippen LogP contribution in [0.2, 0.25) is 5.02 Å². The zero-order valence-corrected chi connectivity index (χ0v) is 11.5. The van der Waals surface area contributed by atoms with Crippen LogP contribution in [0.25, 0.3) is 0 Å². The molecule has 1 aromatic carbocycles. The summed E-state index contributed by atoms with van der Waals surface area (Å²) in [5.74, 6) is 1.15. The number of carboxylic acid groups (broad SMARTS) is 1. The van der Waals surface area contributed by atoms with E-state index in [1.54, 1.807) is 4.90 Å². The molecule has 2 saturated heterocycles. The fourth-order valence-electron chi connectivity index (χ4n) is 3.63. The summed E-state index contributed by atoms with van der Waals surface area (Å²) in [5, 5.41) is 9.95. The summed E-state index contributed by atoms with van der Waals surface area (Å²) in [5.41, 5.74) is 1.31. The fourth-order valence-corrected chi connectivity index (χ4v) is 3.76. The minimum atomic E-state index is -0.750. The van der Waals surface area contributed by atoms with E-state index in [1.165, 1.54) is 12.0 Å². The molecule has 1 aliphatic carbocycles. The highest BCUT2D eigenvalue weighted by molar-refractivity contribution is 6.30. The predicted octanol–water partition coefficient (Wildman–Crippen LogP) is 3.66. The minimum Gasteiger partial charge on any atom is -0.465 e. The van der Waals surface area contributed by atoms with E-state index in [0.29, 0.717) is 11.8 Å². The van der Waals surface area contributed by atoms with Crippen LogP contribution in [-0.4, -0.2) is 28.7 Å². The second kappa shape index (κ2) is 5.04. The van der Waals surface area contributed by atoms with E-state index in [0.717, 1.165) is 30.8 Å². The van der Waals surface area contributed by atoms with E-state index in [2.05, 4.69) is 12.1 Å². The van der Waals surface area contributed by atoms with Crippen molar-refractivity contribution >= 4 is 17.7 Å². The molecule has 3 atom stereocenters. The zero-order chi connectivity index (χ0) is 13.4. The van der Waals surface area contributed by atoms with Gasteiger partial charge in [-0.2, -0.15) is 0 Å². The predicted molar refractivity (Wildman–Crippen MR) is 74.5 cm³/mol. The number of piperidine rings is 2. The summed E-state index contributed by atoms with van der Waals surface area (Å²) in [7, 11) is 0. The molecular formula is C15H18ClNO2. The Morgan fingerprint density at radius 1 is 1.32 bits per heavy atom. The van der Waals surface area contributed by atoms with Crippen molar-refractivity contribution in [1.82, 2.24) is 4.90 Å². The van der Waals surface area contributed by atoms with Crippen LogP contribution in [0, 0.1) is 11.8 Å². The Hall–Kier alpha value is -1.22. The first-order valence-corrected chi connectivity index (χ1v) is 7.25. The van der Waals surface area contributed by atoms with Crippen LogP contribution >= 0.6 is 11.6 Å². The Balaban J connectivity index is 1.68. The maximum Gasteiger partial charge on any atom is 0.407 e. The van der Waals surface area contributed by atoms with Gasteiger partial charge in [0.1, 0.15) is 0 Å². The van der Waals surface area contributed by atoms with Gasteiger partial charge in [-0.3, -0.25) is 0 Å². The molecule has 1 N–H and O–H groups in total. The number of hydrogen-bond acceptors (Lipinski definition) is 1. The van der Waals surface area contributed by atoms with Crippen molar-refractivity contribution < 1.29 is 9.90 Å². The normalized spacial score (nSPS) is 29.5. The number of rotatable bonds is 2. The third kappa shape index (κ3) is 2.57. The topological polar surface area (TPSA) is 40.5 Å². The molecule has 4 heteroatoms. The molecule has 2 heterocycles. The van der Waals surface area contributed by atoms with E-state index >= 15 is 0 Å². The van der Waals surface area contributed by atoms with E-state index < -0.39 is 6.09 Å². The van der Waals surface area contributed by atoms with Gasteiger partial charge in [0.2, 0.25) is 0 Å². The van der Waals surface area contributed by atoms with Crippen molar-refractivity contribution in [2.75, 3.05) is 6.54 Å². The van der Waals surface area contributed by atoms with Gasteiger partial charge in [-0.1, -0.05) is 23.7 Å². The average molecular weight is 280 g/mol. The van der Waals surface area contributed by atoms with E-state index in [1.807, 2.05) is 12.1 Å². The molecule has 3 nitrogen and oxygen atoms in total. The lowest BCUT2D eigenvalue weighted by atomic mass is 9.70. The molecule has 0 aromatic heterocycles. The zero-order valence-electron chi connectivity index (χ0n) is 10.8. The molecule has 0 spiro atoms. The lowest BCUT2D eigenvalue weighted by molar-refractivity contribution is 0.0133. The van der Waals surface area contributed by atoms with E-state index in [9.17, 15) is 9.90 Å². The molecule has 1 amide bonds. The number of fused-ring (bicyclic) bond motifs is 3. The maximum absolute atomic E-state index is 11.2.